The molecule has 5 rings (SSSR count). The van der Waals surface area contributed by atoms with Gasteiger partial charge in [-0.2, -0.15) is 0 Å². The van der Waals surface area contributed by atoms with E-state index in [2.05, 4.69) is 20.2 Å². The Morgan fingerprint density at radius 2 is 2.25 bits per heavy atom. The number of amidine groups is 1. The molecule has 150 valence electrons. The van der Waals surface area contributed by atoms with Gasteiger partial charge in [-0.15, -0.1) is 11.3 Å². The molecule has 0 saturated carbocycles. The Hall–Kier alpha value is -1.84. The van der Waals surface area contributed by atoms with E-state index in [1.54, 1.807) is 11.3 Å². The molecule has 0 aromatic carbocycles. The summed E-state index contributed by atoms with van der Waals surface area (Å²) >= 11 is 1.65. The third kappa shape index (κ3) is 2.79. The largest absolute Gasteiger partial charge is 0.380 e. The van der Waals surface area contributed by atoms with Crippen LogP contribution in [0.2, 0.25) is 0 Å². The maximum Gasteiger partial charge on any atom is 0.253 e. The normalized spacial score (nSPS) is 31.9. The first-order valence-electron chi connectivity index (χ1n) is 9.87. The fourth-order valence-electron chi connectivity index (χ4n) is 5.20. The van der Waals surface area contributed by atoms with Crippen molar-refractivity contribution in [3.8, 4) is 0 Å². The number of hydrogen-bond donors (Lipinski definition) is 1. The Morgan fingerprint density at radius 3 is 2.93 bits per heavy atom. The summed E-state index contributed by atoms with van der Waals surface area (Å²) in [5, 5.41) is 5.89. The zero-order valence-electron chi connectivity index (χ0n) is 16.0. The summed E-state index contributed by atoms with van der Waals surface area (Å²) in [4.78, 5) is 39.1. The lowest BCUT2D eigenvalue weighted by Crippen LogP contribution is -2.55. The Morgan fingerprint density at radius 1 is 1.43 bits per heavy atom. The molecule has 4 aliphatic rings. The van der Waals surface area contributed by atoms with E-state index in [-0.39, 0.29) is 17.7 Å². The van der Waals surface area contributed by atoms with Gasteiger partial charge in [0, 0.05) is 43.7 Å². The second-order valence-corrected chi connectivity index (χ2v) is 9.42. The van der Waals surface area contributed by atoms with Crippen molar-refractivity contribution >= 4 is 29.0 Å². The average Bonchev–Trinajstić information content (AvgIpc) is 3.41. The van der Waals surface area contributed by atoms with Crippen LogP contribution in [0.4, 0.5) is 0 Å². The molecule has 1 N–H and O–H groups in total. The van der Waals surface area contributed by atoms with Crippen LogP contribution >= 0.6 is 11.3 Å². The van der Waals surface area contributed by atoms with Gasteiger partial charge in [0.15, 0.2) is 0 Å². The number of aromatic nitrogens is 1. The molecule has 0 bridgehead atoms. The fraction of sp³-hybridized carbons (Fsp3) is 0.684. The van der Waals surface area contributed by atoms with Gasteiger partial charge in [-0.1, -0.05) is 0 Å². The number of nitrogens with one attached hydrogen (secondary N) is 1. The third-order valence-corrected chi connectivity index (χ3v) is 7.45. The van der Waals surface area contributed by atoms with E-state index in [1.807, 2.05) is 23.4 Å². The van der Waals surface area contributed by atoms with Crippen molar-refractivity contribution in [3.63, 3.8) is 0 Å². The number of carbonyl (C=O) groups excluding carboxylic acids is 2. The highest BCUT2D eigenvalue weighted by atomic mass is 32.1. The van der Waals surface area contributed by atoms with Gasteiger partial charge in [-0.05, 0) is 19.8 Å². The number of aliphatic imine (C=N–C) groups is 1. The molecule has 8 nitrogen and oxygen atoms in total. The molecule has 9 heteroatoms. The zero-order valence-corrected chi connectivity index (χ0v) is 16.8. The maximum absolute atomic E-state index is 13.6. The van der Waals surface area contributed by atoms with E-state index in [1.165, 1.54) is 0 Å². The molecule has 3 saturated heterocycles. The molecule has 0 radical (unpaired) electrons. The predicted octanol–water partition coefficient (Wildman–Crippen LogP) is 0.501. The SMILES string of the molecule is CC1=NC2(CCN(C(=O)[C@]34COC[C@H]3CN(Cc3nccs3)C4)CC2)C(=O)N1. The minimum absolute atomic E-state index is 0.0205. The van der Waals surface area contributed by atoms with E-state index < -0.39 is 11.0 Å². The molecule has 2 atom stereocenters. The molecule has 0 aliphatic carbocycles. The number of likely N-dealkylation sites (tertiary alicyclic amines) is 2. The molecule has 1 aromatic heterocycles. The van der Waals surface area contributed by atoms with Gasteiger partial charge in [0.1, 0.15) is 16.4 Å². The predicted molar refractivity (Wildman–Crippen MR) is 104 cm³/mol. The minimum Gasteiger partial charge on any atom is -0.380 e. The van der Waals surface area contributed by atoms with Crippen molar-refractivity contribution in [1.29, 1.82) is 0 Å². The molecule has 5 heterocycles. The van der Waals surface area contributed by atoms with Gasteiger partial charge in [-0.25, -0.2) is 4.98 Å². The molecular weight excluding hydrogens is 378 g/mol. The summed E-state index contributed by atoms with van der Waals surface area (Å²) in [6.45, 7) is 6.48. The average molecular weight is 404 g/mol. The molecule has 1 spiro atoms. The molecule has 4 aliphatic heterocycles. The van der Waals surface area contributed by atoms with Crippen LogP contribution in [0.5, 0.6) is 0 Å². The van der Waals surface area contributed by atoms with E-state index in [0.29, 0.717) is 45.0 Å². The van der Waals surface area contributed by atoms with E-state index in [9.17, 15) is 9.59 Å². The van der Waals surface area contributed by atoms with Crippen LogP contribution in [0.15, 0.2) is 16.6 Å². The number of nitrogens with zero attached hydrogens (tertiary/aromatic N) is 4. The van der Waals surface area contributed by atoms with Crippen molar-refractivity contribution in [2.75, 3.05) is 39.4 Å². The van der Waals surface area contributed by atoms with Crippen LogP contribution in [0.25, 0.3) is 0 Å². The Balaban J connectivity index is 1.29. The number of piperidine rings is 1. The first-order chi connectivity index (χ1) is 13.5. The van der Waals surface area contributed by atoms with Crippen LogP contribution in [0.3, 0.4) is 0 Å². The van der Waals surface area contributed by atoms with Crippen molar-refractivity contribution in [3.05, 3.63) is 16.6 Å². The van der Waals surface area contributed by atoms with Crippen molar-refractivity contribution in [2.45, 2.75) is 31.8 Å². The lowest BCUT2D eigenvalue weighted by molar-refractivity contribution is -0.145. The van der Waals surface area contributed by atoms with E-state index >= 15 is 0 Å². The second kappa shape index (κ2) is 6.60. The summed E-state index contributed by atoms with van der Waals surface area (Å²) in [6, 6.07) is 0. The highest BCUT2D eigenvalue weighted by Crippen LogP contribution is 2.44. The smallest absolute Gasteiger partial charge is 0.253 e. The Bertz CT molecular complexity index is 818. The Kier molecular flexibility index (Phi) is 4.29. The summed E-state index contributed by atoms with van der Waals surface area (Å²) in [5.41, 5.74) is -1.13. The van der Waals surface area contributed by atoms with Crippen LogP contribution < -0.4 is 5.32 Å². The van der Waals surface area contributed by atoms with Crippen molar-refractivity contribution < 1.29 is 14.3 Å². The minimum atomic E-state index is -0.670. The van der Waals surface area contributed by atoms with Crippen LogP contribution in [-0.2, 0) is 20.9 Å². The standard InChI is InChI=1S/C19H25N5O3S/c1-13-21-16(25)19(22-13)2-5-24(6-3-19)17(26)18-11-23(8-14(18)10-27-12-18)9-15-20-4-7-28-15/h4,7,14H,2-3,5-6,8-12H2,1H3,(H,21,22,25)/t14-,18-/m1/s1. The summed E-state index contributed by atoms with van der Waals surface area (Å²) in [5.74, 6) is 1.07. The van der Waals surface area contributed by atoms with Gasteiger partial charge in [0.25, 0.3) is 5.91 Å². The summed E-state index contributed by atoms with van der Waals surface area (Å²) < 4.78 is 5.76. The molecule has 1 aromatic rings. The fourth-order valence-corrected chi connectivity index (χ4v) is 5.86. The molecular formula is C19H25N5O3S. The number of carbonyl (C=O) groups is 2. The summed E-state index contributed by atoms with van der Waals surface area (Å²) in [7, 11) is 0. The van der Waals surface area contributed by atoms with Gasteiger partial charge in [0.2, 0.25) is 5.91 Å². The molecule has 0 unspecified atom stereocenters. The topological polar surface area (TPSA) is 87.1 Å². The lowest BCUT2D eigenvalue weighted by Gasteiger charge is -2.39. The van der Waals surface area contributed by atoms with E-state index in [0.717, 1.165) is 24.6 Å². The summed E-state index contributed by atoms with van der Waals surface area (Å²) in [6.07, 6.45) is 3.01. The van der Waals surface area contributed by atoms with Crippen LogP contribution in [0, 0.1) is 11.3 Å². The van der Waals surface area contributed by atoms with E-state index in [4.69, 9.17) is 4.74 Å². The van der Waals surface area contributed by atoms with Crippen LogP contribution in [0.1, 0.15) is 24.8 Å². The number of fused-ring (bicyclic) bond motifs is 1. The van der Waals surface area contributed by atoms with Crippen molar-refractivity contribution in [1.82, 2.24) is 20.1 Å². The quantitative estimate of drug-likeness (QED) is 0.794. The number of amides is 2. The third-order valence-electron chi connectivity index (χ3n) is 6.69. The number of rotatable bonds is 3. The van der Waals surface area contributed by atoms with Gasteiger partial charge in [-0.3, -0.25) is 19.5 Å². The van der Waals surface area contributed by atoms with Gasteiger partial charge >= 0.3 is 0 Å². The number of thiazole rings is 1. The highest BCUT2D eigenvalue weighted by Gasteiger charge is 2.58. The number of hydrogen-bond acceptors (Lipinski definition) is 7. The second-order valence-electron chi connectivity index (χ2n) is 8.44. The highest BCUT2D eigenvalue weighted by molar-refractivity contribution is 7.09. The first-order valence-corrected chi connectivity index (χ1v) is 10.7. The van der Waals surface area contributed by atoms with Crippen molar-refractivity contribution in [2.24, 2.45) is 16.3 Å². The lowest BCUT2D eigenvalue weighted by atomic mass is 9.78. The molecule has 28 heavy (non-hydrogen) atoms. The molecule has 2 amide bonds. The van der Waals surface area contributed by atoms with Gasteiger partial charge in [0.05, 0.1) is 25.2 Å². The maximum atomic E-state index is 13.6. The zero-order chi connectivity index (χ0) is 19.4. The Labute approximate surface area is 168 Å². The monoisotopic (exact) mass is 403 g/mol. The number of ether oxygens (including phenoxy) is 1. The van der Waals surface area contributed by atoms with Crippen LogP contribution in [-0.4, -0.2) is 77.4 Å². The van der Waals surface area contributed by atoms with Gasteiger partial charge < -0.3 is 15.0 Å². The molecule has 3 fully saturated rings. The first kappa shape index (κ1) is 18.2.